The molecule has 0 amide bonds. The number of hydrogen-bond donors (Lipinski definition) is 4. The number of phenols is 3. The van der Waals surface area contributed by atoms with Crippen LogP contribution in [0.25, 0.3) is 0 Å². The SMILES string of the molecule is O=C(O)c1cc(O)c(O)c(O)c1.[Li]. The van der Waals surface area contributed by atoms with Crippen molar-refractivity contribution in [2.24, 2.45) is 0 Å². The van der Waals surface area contributed by atoms with Crippen LogP contribution in [-0.2, 0) is 0 Å². The molecule has 13 heavy (non-hydrogen) atoms. The maximum absolute atomic E-state index is 10.3. The molecule has 65 valence electrons. The van der Waals surface area contributed by atoms with E-state index in [0.29, 0.717) is 0 Å². The molecule has 0 unspecified atom stereocenters. The molecule has 1 aromatic carbocycles. The summed E-state index contributed by atoms with van der Waals surface area (Å²) >= 11 is 0. The number of rotatable bonds is 1. The van der Waals surface area contributed by atoms with Crippen molar-refractivity contribution >= 4 is 24.8 Å². The van der Waals surface area contributed by atoms with E-state index >= 15 is 0 Å². The van der Waals surface area contributed by atoms with Gasteiger partial charge in [0.15, 0.2) is 17.2 Å². The summed E-state index contributed by atoms with van der Waals surface area (Å²) in [5, 5.41) is 35.0. The molecule has 1 rings (SSSR count). The Morgan fingerprint density at radius 1 is 1.08 bits per heavy atom. The molecule has 0 atom stereocenters. The van der Waals surface area contributed by atoms with Crippen LogP contribution in [-0.4, -0.2) is 45.3 Å². The number of benzene rings is 1. The van der Waals surface area contributed by atoms with Crippen LogP contribution in [0.15, 0.2) is 12.1 Å². The fraction of sp³-hybridized carbons (Fsp3) is 0. The van der Waals surface area contributed by atoms with Gasteiger partial charge in [0.2, 0.25) is 0 Å². The monoisotopic (exact) mass is 177 g/mol. The first-order valence-corrected chi connectivity index (χ1v) is 3.00. The van der Waals surface area contributed by atoms with Gasteiger partial charge in [-0.15, -0.1) is 0 Å². The van der Waals surface area contributed by atoms with E-state index in [4.69, 9.17) is 20.4 Å². The van der Waals surface area contributed by atoms with Crippen LogP contribution in [0.2, 0.25) is 0 Å². The number of phenolic OH excluding ortho intramolecular Hbond substituents is 3. The van der Waals surface area contributed by atoms with Crippen molar-refractivity contribution in [1.29, 1.82) is 0 Å². The van der Waals surface area contributed by atoms with Crippen LogP contribution in [0, 0.1) is 0 Å². The molecule has 0 fully saturated rings. The average molecular weight is 177 g/mol. The molecule has 1 aromatic rings. The molecule has 1 radical (unpaired) electrons. The molecule has 0 aromatic heterocycles. The van der Waals surface area contributed by atoms with Crippen molar-refractivity contribution in [3.63, 3.8) is 0 Å². The van der Waals surface area contributed by atoms with Gasteiger partial charge in [0.1, 0.15) is 0 Å². The van der Waals surface area contributed by atoms with Crippen molar-refractivity contribution in [2.45, 2.75) is 0 Å². The zero-order valence-corrected chi connectivity index (χ0v) is 6.85. The molecule has 0 aliphatic rings. The van der Waals surface area contributed by atoms with Gasteiger partial charge in [-0.05, 0) is 12.1 Å². The largest absolute Gasteiger partial charge is 0.504 e. The van der Waals surface area contributed by atoms with Crippen LogP contribution >= 0.6 is 0 Å². The molecular weight excluding hydrogens is 171 g/mol. The Hall–Kier alpha value is -1.31. The summed E-state index contributed by atoms with van der Waals surface area (Å²) in [4.78, 5) is 10.3. The first-order valence-electron chi connectivity index (χ1n) is 3.00. The van der Waals surface area contributed by atoms with Gasteiger partial charge in [0.05, 0.1) is 5.56 Å². The Balaban J connectivity index is 0.00000144. The normalized spacial score (nSPS) is 8.92. The third-order valence-corrected chi connectivity index (χ3v) is 1.32. The van der Waals surface area contributed by atoms with Gasteiger partial charge in [-0.3, -0.25) is 0 Å². The number of aromatic carboxylic acids is 1. The van der Waals surface area contributed by atoms with Gasteiger partial charge in [0, 0.05) is 18.9 Å². The first kappa shape index (κ1) is 11.7. The van der Waals surface area contributed by atoms with Crippen LogP contribution in [0.1, 0.15) is 10.4 Å². The number of hydrogen-bond acceptors (Lipinski definition) is 4. The second kappa shape index (κ2) is 4.08. The summed E-state index contributed by atoms with van der Waals surface area (Å²) in [5.74, 6) is -3.33. The summed E-state index contributed by atoms with van der Waals surface area (Å²) in [7, 11) is 0. The van der Waals surface area contributed by atoms with Crippen molar-refractivity contribution in [2.75, 3.05) is 0 Å². The fourth-order valence-corrected chi connectivity index (χ4v) is 0.728. The Labute approximate surface area is 85.4 Å². The topological polar surface area (TPSA) is 98.0 Å². The van der Waals surface area contributed by atoms with E-state index < -0.39 is 23.2 Å². The van der Waals surface area contributed by atoms with E-state index in [2.05, 4.69) is 0 Å². The van der Waals surface area contributed by atoms with Crippen molar-refractivity contribution < 1.29 is 25.2 Å². The van der Waals surface area contributed by atoms with E-state index in [1.165, 1.54) is 0 Å². The molecule has 6 heteroatoms. The summed E-state index contributed by atoms with van der Waals surface area (Å²) < 4.78 is 0. The van der Waals surface area contributed by atoms with Gasteiger partial charge in [0.25, 0.3) is 0 Å². The number of carboxylic acid groups (broad SMARTS) is 1. The van der Waals surface area contributed by atoms with Gasteiger partial charge in [-0.25, -0.2) is 4.79 Å². The molecule has 0 saturated heterocycles. The fourth-order valence-electron chi connectivity index (χ4n) is 0.728. The van der Waals surface area contributed by atoms with Crippen LogP contribution in [0.5, 0.6) is 17.2 Å². The smallest absolute Gasteiger partial charge is 0.335 e. The van der Waals surface area contributed by atoms with Crippen LogP contribution < -0.4 is 0 Å². The standard InChI is InChI=1S/C7H6O5.Li/c8-4-1-3(7(11)12)2-5(9)6(4)10;/h1-2,8-10H,(H,11,12);. The molecule has 0 spiro atoms. The van der Waals surface area contributed by atoms with E-state index in [9.17, 15) is 4.79 Å². The molecule has 0 bridgehead atoms. The minimum atomic E-state index is -1.29. The van der Waals surface area contributed by atoms with Gasteiger partial charge < -0.3 is 20.4 Å². The predicted molar refractivity (Wildman–Crippen MR) is 44.1 cm³/mol. The average Bonchev–Trinajstić information content (AvgIpc) is 1.99. The third-order valence-electron chi connectivity index (χ3n) is 1.32. The second-order valence-corrected chi connectivity index (χ2v) is 2.17. The number of carboxylic acids is 1. The Morgan fingerprint density at radius 2 is 1.46 bits per heavy atom. The molecule has 4 N–H and O–H groups in total. The van der Waals surface area contributed by atoms with E-state index in [0.717, 1.165) is 12.1 Å². The van der Waals surface area contributed by atoms with Crippen LogP contribution in [0.3, 0.4) is 0 Å². The second-order valence-electron chi connectivity index (χ2n) is 2.17. The minimum Gasteiger partial charge on any atom is -0.504 e. The summed E-state index contributed by atoms with van der Waals surface area (Å²) in [6.07, 6.45) is 0. The van der Waals surface area contributed by atoms with Crippen LogP contribution in [0.4, 0.5) is 0 Å². The third kappa shape index (κ3) is 2.31. The van der Waals surface area contributed by atoms with Crippen molar-refractivity contribution in [3.8, 4) is 17.2 Å². The number of aromatic hydroxyl groups is 3. The van der Waals surface area contributed by atoms with Gasteiger partial charge in [-0.2, -0.15) is 0 Å². The Morgan fingerprint density at radius 3 is 1.77 bits per heavy atom. The summed E-state index contributed by atoms with van der Waals surface area (Å²) in [5.41, 5.74) is -0.289. The van der Waals surface area contributed by atoms with E-state index in [1.54, 1.807) is 0 Å². The maximum Gasteiger partial charge on any atom is 0.335 e. The van der Waals surface area contributed by atoms with Crippen molar-refractivity contribution in [3.05, 3.63) is 17.7 Å². The minimum absolute atomic E-state index is 0. The molecule has 5 nitrogen and oxygen atoms in total. The molecule has 0 aliphatic carbocycles. The van der Waals surface area contributed by atoms with E-state index in [1.807, 2.05) is 0 Å². The first-order chi connectivity index (χ1) is 5.52. The van der Waals surface area contributed by atoms with Gasteiger partial charge >= 0.3 is 5.97 Å². The quantitative estimate of drug-likeness (QED) is 0.360. The van der Waals surface area contributed by atoms with E-state index in [-0.39, 0.29) is 24.4 Å². The summed E-state index contributed by atoms with van der Waals surface area (Å²) in [6.45, 7) is 0. The zero-order chi connectivity index (χ0) is 9.30. The predicted octanol–water partition coefficient (Wildman–Crippen LogP) is 0.121. The molecule has 0 heterocycles. The van der Waals surface area contributed by atoms with Crippen molar-refractivity contribution in [1.82, 2.24) is 0 Å². The molecule has 0 saturated carbocycles. The van der Waals surface area contributed by atoms with Gasteiger partial charge in [-0.1, -0.05) is 0 Å². The number of carbonyl (C=O) groups is 1. The Bertz CT molecular complexity index is 313. The molecular formula is C7H6LiO5. The maximum atomic E-state index is 10.3. The summed E-state index contributed by atoms with van der Waals surface area (Å²) in [6, 6.07) is 1.69. The molecule has 0 aliphatic heterocycles. The Kier molecular flexibility index (Phi) is 3.66. The zero-order valence-electron chi connectivity index (χ0n) is 6.85.